The summed E-state index contributed by atoms with van der Waals surface area (Å²) in [6.07, 6.45) is 0. The first kappa shape index (κ1) is 16.9. The molecular weight excluding hydrogens is 336 g/mol. The highest BCUT2D eigenvalue weighted by Crippen LogP contribution is 2.27. The molecule has 3 aromatic carbocycles. The van der Waals surface area contributed by atoms with Gasteiger partial charge in [-0.1, -0.05) is 78.9 Å². The van der Waals surface area contributed by atoms with Gasteiger partial charge in [-0.25, -0.2) is 0 Å². The zero-order valence-electron chi connectivity index (χ0n) is 14.7. The SMILES string of the molecule is O=C(CN1C(=O)CN=C(c2ccccc2)c2ccccc21)c1ccccc1. The van der Waals surface area contributed by atoms with Gasteiger partial charge in [0.2, 0.25) is 5.91 Å². The normalized spacial score (nSPS) is 13.6. The van der Waals surface area contributed by atoms with E-state index >= 15 is 0 Å². The second-order valence-electron chi connectivity index (χ2n) is 6.32. The van der Waals surface area contributed by atoms with Crippen molar-refractivity contribution in [1.82, 2.24) is 0 Å². The number of carbonyl (C=O) groups is 2. The van der Waals surface area contributed by atoms with Crippen molar-refractivity contribution in [3.8, 4) is 0 Å². The first-order valence-electron chi connectivity index (χ1n) is 8.82. The first-order valence-corrected chi connectivity index (χ1v) is 8.82. The van der Waals surface area contributed by atoms with Gasteiger partial charge in [-0.05, 0) is 6.07 Å². The Morgan fingerprint density at radius 2 is 1.48 bits per heavy atom. The zero-order valence-corrected chi connectivity index (χ0v) is 14.7. The molecule has 0 atom stereocenters. The number of nitrogens with zero attached hydrogens (tertiary/aromatic N) is 2. The monoisotopic (exact) mass is 354 g/mol. The van der Waals surface area contributed by atoms with Crippen molar-refractivity contribution < 1.29 is 9.59 Å². The van der Waals surface area contributed by atoms with E-state index in [1.807, 2.05) is 72.8 Å². The van der Waals surface area contributed by atoms with E-state index in [4.69, 9.17) is 0 Å². The smallest absolute Gasteiger partial charge is 0.249 e. The summed E-state index contributed by atoms with van der Waals surface area (Å²) in [5.74, 6) is -0.278. The molecule has 1 aliphatic rings. The molecule has 0 saturated heterocycles. The van der Waals surface area contributed by atoms with Crippen LogP contribution in [0.5, 0.6) is 0 Å². The third-order valence-corrected chi connectivity index (χ3v) is 4.57. The van der Waals surface area contributed by atoms with Gasteiger partial charge in [-0.2, -0.15) is 0 Å². The summed E-state index contributed by atoms with van der Waals surface area (Å²) in [5, 5.41) is 0. The van der Waals surface area contributed by atoms with E-state index in [2.05, 4.69) is 4.99 Å². The van der Waals surface area contributed by atoms with Gasteiger partial charge in [0, 0.05) is 16.7 Å². The van der Waals surface area contributed by atoms with E-state index in [0.29, 0.717) is 11.3 Å². The number of ketones is 1. The highest BCUT2D eigenvalue weighted by molar-refractivity contribution is 6.20. The lowest BCUT2D eigenvalue weighted by molar-refractivity contribution is -0.117. The maximum absolute atomic E-state index is 12.8. The summed E-state index contributed by atoms with van der Waals surface area (Å²) in [5.41, 5.74) is 3.89. The number of para-hydroxylation sites is 1. The standard InChI is InChI=1S/C23H18N2O2/c26-21(17-9-3-1-4-10-17)16-25-20-14-8-7-13-19(20)23(24-15-22(25)27)18-11-5-2-6-12-18/h1-14H,15-16H2. The minimum Gasteiger partial charge on any atom is -0.302 e. The fourth-order valence-electron chi connectivity index (χ4n) is 3.24. The van der Waals surface area contributed by atoms with Gasteiger partial charge in [0.1, 0.15) is 6.54 Å². The number of carbonyl (C=O) groups excluding carboxylic acids is 2. The van der Waals surface area contributed by atoms with Crippen LogP contribution >= 0.6 is 0 Å². The minimum absolute atomic E-state index is 0.00253. The Morgan fingerprint density at radius 3 is 2.22 bits per heavy atom. The number of aliphatic imine (C=N–C) groups is 1. The molecule has 27 heavy (non-hydrogen) atoms. The summed E-state index contributed by atoms with van der Waals surface area (Å²) in [7, 11) is 0. The van der Waals surface area contributed by atoms with E-state index in [-0.39, 0.29) is 24.8 Å². The van der Waals surface area contributed by atoms with Crippen LogP contribution in [0.15, 0.2) is 89.9 Å². The number of fused-ring (bicyclic) bond motifs is 1. The number of benzene rings is 3. The Kier molecular flexibility index (Phi) is 4.62. The number of benzodiazepines with no additional fused rings is 1. The molecule has 0 aromatic heterocycles. The number of rotatable bonds is 4. The predicted molar refractivity (Wildman–Crippen MR) is 107 cm³/mol. The average molecular weight is 354 g/mol. The van der Waals surface area contributed by atoms with Gasteiger partial charge in [-0.15, -0.1) is 0 Å². The number of Topliss-reactive ketones (excluding diaryl/α,β-unsaturated/α-hetero) is 1. The van der Waals surface area contributed by atoms with Crippen LogP contribution in [0.2, 0.25) is 0 Å². The summed E-state index contributed by atoms with van der Waals surface area (Å²) < 4.78 is 0. The largest absolute Gasteiger partial charge is 0.302 e. The molecule has 0 fully saturated rings. The van der Waals surface area contributed by atoms with Crippen LogP contribution in [-0.2, 0) is 4.79 Å². The average Bonchev–Trinajstić information content (AvgIpc) is 2.86. The fourth-order valence-corrected chi connectivity index (χ4v) is 3.24. The van der Waals surface area contributed by atoms with Crippen molar-refractivity contribution in [1.29, 1.82) is 0 Å². The predicted octanol–water partition coefficient (Wildman–Crippen LogP) is 3.75. The lowest BCUT2D eigenvalue weighted by Gasteiger charge is -2.22. The fraction of sp³-hybridized carbons (Fsp3) is 0.0870. The summed E-state index contributed by atoms with van der Waals surface area (Å²) in [6, 6.07) is 26.4. The molecule has 0 aliphatic carbocycles. The van der Waals surface area contributed by atoms with Crippen molar-refractivity contribution in [2.45, 2.75) is 0 Å². The van der Waals surface area contributed by atoms with E-state index in [1.165, 1.54) is 0 Å². The molecule has 0 N–H and O–H groups in total. The lowest BCUT2D eigenvalue weighted by atomic mass is 10.00. The van der Waals surface area contributed by atoms with Crippen LogP contribution in [-0.4, -0.2) is 30.5 Å². The van der Waals surface area contributed by atoms with Crippen LogP contribution in [0.25, 0.3) is 0 Å². The number of hydrogen-bond donors (Lipinski definition) is 0. The van der Waals surface area contributed by atoms with Crippen molar-refractivity contribution >= 4 is 23.1 Å². The maximum atomic E-state index is 12.8. The van der Waals surface area contributed by atoms with Crippen LogP contribution < -0.4 is 4.90 Å². The molecule has 1 aliphatic heterocycles. The highest BCUT2D eigenvalue weighted by atomic mass is 16.2. The first-order chi connectivity index (χ1) is 13.2. The van der Waals surface area contributed by atoms with E-state index < -0.39 is 0 Å². The quantitative estimate of drug-likeness (QED) is 0.670. The van der Waals surface area contributed by atoms with Crippen molar-refractivity contribution in [2.24, 2.45) is 4.99 Å². The molecule has 0 saturated carbocycles. The zero-order chi connectivity index (χ0) is 18.6. The lowest BCUT2D eigenvalue weighted by Crippen LogP contribution is -2.37. The molecule has 4 nitrogen and oxygen atoms in total. The number of anilines is 1. The van der Waals surface area contributed by atoms with Crippen LogP contribution in [0.1, 0.15) is 21.5 Å². The molecule has 0 radical (unpaired) electrons. The van der Waals surface area contributed by atoms with E-state index in [9.17, 15) is 9.59 Å². The van der Waals surface area contributed by atoms with E-state index in [1.54, 1.807) is 17.0 Å². The third-order valence-electron chi connectivity index (χ3n) is 4.57. The molecule has 4 heteroatoms. The molecule has 0 unspecified atom stereocenters. The Bertz CT molecular complexity index is 1010. The summed E-state index contributed by atoms with van der Waals surface area (Å²) in [4.78, 5) is 31.6. The minimum atomic E-state index is -0.183. The van der Waals surface area contributed by atoms with E-state index in [0.717, 1.165) is 16.8 Å². The number of amides is 1. The van der Waals surface area contributed by atoms with Gasteiger partial charge in [0.25, 0.3) is 0 Å². The molecule has 0 bridgehead atoms. The topological polar surface area (TPSA) is 49.7 Å². The Balaban J connectivity index is 1.73. The maximum Gasteiger partial charge on any atom is 0.249 e. The molecule has 1 heterocycles. The molecule has 3 aromatic rings. The highest BCUT2D eigenvalue weighted by Gasteiger charge is 2.26. The van der Waals surface area contributed by atoms with Gasteiger partial charge in [0.05, 0.1) is 17.9 Å². The van der Waals surface area contributed by atoms with Crippen LogP contribution in [0.3, 0.4) is 0 Å². The summed E-state index contributed by atoms with van der Waals surface area (Å²) in [6.45, 7) is 0.0123. The van der Waals surface area contributed by atoms with Crippen LogP contribution in [0, 0.1) is 0 Å². The van der Waals surface area contributed by atoms with Gasteiger partial charge in [0.15, 0.2) is 5.78 Å². The molecular formula is C23H18N2O2. The Hall–Kier alpha value is -3.53. The van der Waals surface area contributed by atoms with Gasteiger partial charge in [-0.3, -0.25) is 14.6 Å². The second kappa shape index (κ2) is 7.38. The van der Waals surface area contributed by atoms with Crippen molar-refractivity contribution in [3.05, 3.63) is 102 Å². The van der Waals surface area contributed by atoms with Gasteiger partial charge < -0.3 is 4.90 Å². The van der Waals surface area contributed by atoms with Crippen molar-refractivity contribution in [2.75, 3.05) is 18.0 Å². The molecule has 1 amide bonds. The van der Waals surface area contributed by atoms with Crippen LogP contribution in [0.4, 0.5) is 5.69 Å². The third kappa shape index (κ3) is 3.42. The number of hydrogen-bond acceptors (Lipinski definition) is 3. The molecule has 132 valence electrons. The van der Waals surface area contributed by atoms with Crippen molar-refractivity contribution in [3.63, 3.8) is 0 Å². The Morgan fingerprint density at radius 1 is 0.852 bits per heavy atom. The van der Waals surface area contributed by atoms with Gasteiger partial charge >= 0.3 is 0 Å². The second-order valence-corrected chi connectivity index (χ2v) is 6.32. The Labute approximate surface area is 157 Å². The molecule has 4 rings (SSSR count). The molecule has 0 spiro atoms. The summed E-state index contributed by atoms with van der Waals surface area (Å²) >= 11 is 0.